The summed E-state index contributed by atoms with van der Waals surface area (Å²) in [6, 6.07) is 12.5. The minimum absolute atomic E-state index is 0.0831. The van der Waals surface area contributed by atoms with E-state index in [2.05, 4.69) is 10.1 Å². The first-order chi connectivity index (χ1) is 14.2. The number of hydrogen-bond acceptors (Lipinski definition) is 4. The molecule has 1 aliphatic rings. The summed E-state index contributed by atoms with van der Waals surface area (Å²) in [5.74, 6) is -1.11. The Kier molecular flexibility index (Phi) is 5.96. The van der Waals surface area contributed by atoms with Gasteiger partial charge in [-0.2, -0.15) is 5.26 Å². The fourth-order valence-corrected chi connectivity index (χ4v) is 3.39. The highest BCUT2D eigenvalue weighted by molar-refractivity contribution is 6.04. The maximum Gasteiger partial charge on any atom is 0.573 e. The normalized spacial score (nSPS) is 16.6. The van der Waals surface area contributed by atoms with Gasteiger partial charge in [0, 0.05) is 12.1 Å². The van der Waals surface area contributed by atoms with Crippen LogP contribution in [0.15, 0.2) is 48.5 Å². The van der Waals surface area contributed by atoms with E-state index in [1.165, 1.54) is 29.2 Å². The van der Waals surface area contributed by atoms with Crippen molar-refractivity contribution in [1.82, 2.24) is 10.2 Å². The number of ether oxygens (including phenoxy) is 1. The van der Waals surface area contributed by atoms with Gasteiger partial charge in [0.05, 0.1) is 18.5 Å². The Morgan fingerprint density at radius 3 is 2.53 bits per heavy atom. The molecule has 0 saturated heterocycles. The standard InChI is InChI=1S/C21H18F3N3O3/c1-13(14-7-9-15(10-8-14)30-21(22,23)24)26-19(28)18-16-5-2-3-6-17(16)20(29)27(18)12-4-11-25/h2-3,5-10,13,18H,4,12H2,1H3,(H,26,28). The van der Waals surface area contributed by atoms with Crippen molar-refractivity contribution in [2.75, 3.05) is 6.54 Å². The third kappa shape index (κ3) is 4.54. The topological polar surface area (TPSA) is 82.4 Å². The van der Waals surface area contributed by atoms with Crippen LogP contribution in [0.3, 0.4) is 0 Å². The lowest BCUT2D eigenvalue weighted by Gasteiger charge is -2.25. The second kappa shape index (κ2) is 8.45. The number of carbonyl (C=O) groups excluding carboxylic acids is 2. The van der Waals surface area contributed by atoms with Crippen LogP contribution in [0.1, 0.15) is 46.9 Å². The van der Waals surface area contributed by atoms with Crippen LogP contribution in [-0.4, -0.2) is 29.6 Å². The van der Waals surface area contributed by atoms with Crippen LogP contribution in [0.25, 0.3) is 0 Å². The van der Waals surface area contributed by atoms with Crippen molar-refractivity contribution in [1.29, 1.82) is 5.26 Å². The Bertz CT molecular complexity index is 983. The van der Waals surface area contributed by atoms with Crippen LogP contribution < -0.4 is 10.1 Å². The monoisotopic (exact) mass is 417 g/mol. The van der Waals surface area contributed by atoms with E-state index in [0.29, 0.717) is 16.7 Å². The van der Waals surface area contributed by atoms with Gasteiger partial charge in [0.15, 0.2) is 0 Å². The average Bonchev–Trinajstić information content (AvgIpc) is 2.97. The SMILES string of the molecule is CC(NC(=O)C1c2ccccc2C(=O)N1CCC#N)c1ccc(OC(F)(F)F)cc1. The molecule has 0 bridgehead atoms. The quantitative estimate of drug-likeness (QED) is 0.774. The van der Waals surface area contributed by atoms with Crippen LogP contribution >= 0.6 is 0 Å². The highest BCUT2D eigenvalue weighted by Gasteiger charge is 2.40. The minimum Gasteiger partial charge on any atom is -0.406 e. The number of alkyl halides is 3. The maximum absolute atomic E-state index is 13.0. The molecule has 30 heavy (non-hydrogen) atoms. The molecule has 0 radical (unpaired) electrons. The molecule has 156 valence electrons. The number of carbonyl (C=O) groups is 2. The van der Waals surface area contributed by atoms with E-state index in [1.807, 2.05) is 6.07 Å². The van der Waals surface area contributed by atoms with Crippen molar-refractivity contribution < 1.29 is 27.5 Å². The lowest BCUT2D eigenvalue weighted by atomic mass is 10.0. The molecule has 1 N–H and O–H groups in total. The van der Waals surface area contributed by atoms with Crippen LogP contribution in [0.2, 0.25) is 0 Å². The number of halogens is 3. The number of amides is 2. The third-order valence-corrected chi connectivity index (χ3v) is 4.74. The Morgan fingerprint density at radius 2 is 1.90 bits per heavy atom. The van der Waals surface area contributed by atoms with Crippen LogP contribution in [0.4, 0.5) is 13.2 Å². The van der Waals surface area contributed by atoms with Crippen LogP contribution in [-0.2, 0) is 4.79 Å². The van der Waals surface area contributed by atoms with E-state index in [9.17, 15) is 22.8 Å². The fourth-order valence-electron chi connectivity index (χ4n) is 3.39. The predicted molar refractivity (Wildman–Crippen MR) is 100 cm³/mol. The van der Waals surface area contributed by atoms with Gasteiger partial charge in [0.1, 0.15) is 11.8 Å². The summed E-state index contributed by atoms with van der Waals surface area (Å²) in [4.78, 5) is 27.0. The predicted octanol–water partition coefficient (Wildman–Crippen LogP) is 3.87. The van der Waals surface area contributed by atoms with E-state index in [4.69, 9.17) is 5.26 Å². The zero-order chi connectivity index (χ0) is 21.9. The molecule has 2 aromatic rings. The Labute approximate surface area is 170 Å². The molecule has 0 spiro atoms. The van der Waals surface area contributed by atoms with Gasteiger partial charge >= 0.3 is 6.36 Å². The van der Waals surface area contributed by atoms with Crippen molar-refractivity contribution in [2.24, 2.45) is 0 Å². The summed E-state index contributed by atoms with van der Waals surface area (Å²) in [6.07, 6.45) is -4.70. The number of rotatable bonds is 6. The second-order valence-electron chi connectivity index (χ2n) is 6.74. The van der Waals surface area contributed by atoms with Gasteiger partial charge in [-0.05, 0) is 36.2 Å². The lowest BCUT2D eigenvalue weighted by molar-refractivity contribution is -0.274. The maximum atomic E-state index is 13.0. The third-order valence-electron chi connectivity index (χ3n) is 4.74. The molecule has 9 heteroatoms. The summed E-state index contributed by atoms with van der Waals surface area (Å²) in [5, 5.41) is 11.7. The van der Waals surface area contributed by atoms with Crippen molar-refractivity contribution >= 4 is 11.8 Å². The summed E-state index contributed by atoms with van der Waals surface area (Å²) >= 11 is 0. The highest BCUT2D eigenvalue weighted by atomic mass is 19.4. The van der Waals surface area contributed by atoms with Gasteiger partial charge in [-0.25, -0.2) is 0 Å². The molecule has 0 fully saturated rings. The van der Waals surface area contributed by atoms with Crippen LogP contribution in [0, 0.1) is 11.3 Å². The average molecular weight is 417 g/mol. The number of nitriles is 1. The Hall–Kier alpha value is -3.54. The number of benzene rings is 2. The first kappa shape index (κ1) is 21.2. The molecule has 0 saturated carbocycles. The number of nitrogens with zero attached hydrogens (tertiary/aromatic N) is 2. The molecular weight excluding hydrogens is 399 g/mol. The van der Waals surface area contributed by atoms with Gasteiger partial charge in [0.25, 0.3) is 5.91 Å². The zero-order valence-electron chi connectivity index (χ0n) is 15.9. The van der Waals surface area contributed by atoms with E-state index in [1.54, 1.807) is 31.2 Å². The van der Waals surface area contributed by atoms with Crippen molar-refractivity contribution in [2.45, 2.75) is 31.8 Å². The molecule has 2 atom stereocenters. The Balaban J connectivity index is 1.76. The number of nitrogens with one attached hydrogen (secondary N) is 1. The molecule has 3 rings (SSSR count). The smallest absolute Gasteiger partial charge is 0.406 e. The van der Waals surface area contributed by atoms with E-state index in [-0.39, 0.29) is 24.6 Å². The first-order valence-corrected chi connectivity index (χ1v) is 9.14. The molecule has 6 nitrogen and oxygen atoms in total. The molecule has 2 amide bonds. The van der Waals surface area contributed by atoms with Gasteiger partial charge in [-0.1, -0.05) is 30.3 Å². The molecule has 2 unspecified atom stereocenters. The summed E-state index contributed by atoms with van der Waals surface area (Å²) < 4.78 is 40.7. The van der Waals surface area contributed by atoms with Crippen molar-refractivity contribution in [3.05, 3.63) is 65.2 Å². The molecule has 0 aliphatic carbocycles. The number of hydrogen-bond donors (Lipinski definition) is 1. The number of fused-ring (bicyclic) bond motifs is 1. The molecule has 0 aromatic heterocycles. The van der Waals surface area contributed by atoms with Gasteiger partial charge < -0.3 is 15.0 Å². The minimum atomic E-state index is -4.78. The van der Waals surface area contributed by atoms with Crippen LogP contribution in [0.5, 0.6) is 5.75 Å². The van der Waals surface area contributed by atoms with Crippen molar-refractivity contribution in [3.63, 3.8) is 0 Å². The van der Waals surface area contributed by atoms with E-state index >= 15 is 0 Å². The van der Waals surface area contributed by atoms with Gasteiger partial charge in [0.2, 0.25) is 5.91 Å². The lowest BCUT2D eigenvalue weighted by Crippen LogP contribution is -2.40. The Morgan fingerprint density at radius 1 is 1.23 bits per heavy atom. The zero-order valence-corrected chi connectivity index (χ0v) is 15.9. The second-order valence-corrected chi connectivity index (χ2v) is 6.74. The highest BCUT2D eigenvalue weighted by Crippen LogP contribution is 2.34. The largest absolute Gasteiger partial charge is 0.573 e. The van der Waals surface area contributed by atoms with E-state index in [0.717, 1.165) is 0 Å². The summed E-state index contributed by atoms with van der Waals surface area (Å²) in [7, 11) is 0. The summed E-state index contributed by atoms with van der Waals surface area (Å²) in [6.45, 7) is 1.79. The molecule has 2 aromatic carbocycles. The fraction of sp³-hybridized carbons (Fsp3) is 0.286. The molecule has 1 aliphatic heterocycles. The van der Waals surface area contributed by atoms with Crippen molar-refractivity contribution in [3.8, 4) is 11.8 Å². The first-order valence-electron chi connectivity index (χ1n) is 9.14. The van der Waals surface area contributed by atoms with E-state index < -0.39 is 24.4 Å². The molecule has 1 heterocycles. The molecular formula is C21H18F3N3O3. The van der Waals surface area contributed by atoms with Gasteiger partial charge in [-0.15, -0.1) is 13.2 Å². The van der Waals surface area contributed by atoms with Gasteiger partial charge in [-0.3, -0.25) is 9.59 Å². The summed E-state index contributed by atoms with van der Waals surface area (Å²) in [5.41, 5.74) is 1.54.